The number of aromatic amines is 1. The van der Waals surface area contributed by atoms with E-state index in [0.29, 0.717) is 18.8 Å². The summed E-state index contributed by atoms with van der Waals surface area (Å²) in [5.74, 6) is 0.595. The van der Waals surface area contributed by atoms with E-state index >= 15 is 0 Å². The van der Waals surface area contributed by atoms with Crippen molar-refractivity contribution < 1.29 is 14.3 Å². The van der Waals surface area contributed by atoms with E-state index in [9.17, 15) is 9.59 Å². The fraction of sp³-hybridized carbons (Fsp3) is 0.250. The lowest BCUT2D eigenvalue weighted by Crippen LogP contribution is -2.54. The van der Waals surface area contributed by atoms with Crippen molar-refractivity contribution >= 4 is 28.5 Å². The van der Waals surface area contributed by atoms with Crippen LogP contribution in [0.25, 0.3) is 22.4 Å². The number of anilines is 1. The molecule has 0 aliphatic carbocycles. The Bertz CT molecular complexity index is 977. The van der Waals surface area contributed by atoms with Crippen molar-refractivity contribution in [2.75, 3.05) is 25.0 Å². The average molecular weight is 364 g/mol. The summed E-state index contributed by atoms with van der Waals surface area (Å²) >= 11 is 0. The molecule has 4 rings (SSSR count). The van der Waals surface area contributed by atoms with Gasteiger partial charge in [-0.1, -0.05) is 30.3 Å². The number of carbonyl (C=O) groups is 2. The summed E-state index contributed by atoms with van der Waals surface area (Å²) in [5, 5.41) is 2.83. The minimum atomic E-state index is -0.224. The first kappa shape index (κ1) is 17.2. The molecule has 2 amide bonds. The fourth-order valence-electron chi connectivity index (χ4n) is 3.01. The van der Waals surface area contributed by atoms with Crippen LogP contribution in [0, 0.1) is 0 Å². The van der Waals surface area contributed by atoms with Crippen molar-refractivity contribution in [2.24, 2.45) is 0 Å². The number of hydrogen-bond donors (Lipinski definition) is 2. The van der Waals surface area contributed by atoms with Crippen LogP contribution in [0.3, 0.4) is 0 Å². The van der Waals surface area contributed by atoms with Gasteiger partial charge in [0.25, 0.3) is 0 Å². The molecule has 1 fully saturated rings. The van der Waals surface area contributed by atoms with Gasteiger partial charge in [0.05, 0.1) is 17.1 Å². The van der Waals surface area contributed by atoms with Crippen LogP contribution in [0.2, 0.25) is 0 Å². The second-order valence-electron chi connectivity index (χ2n) is 6.59. The SMILES string of the molecule is CC(=O)N1CC(OCC(=O)Nc2ccc3nc(-c4ccccc4)[nH]c3c2)C1. The standard InChI is InChI=1S/C20H20N4O3/c1-13(25)24-10-16(11-24)27-12-19(26)21-15-7-8-17-18(9-15)23-20(22-17)14-5-3-2-4-6-14/h2-9,16H,10-12H2,1H3,(H,21,26)(H,22,23). The molecular weight excluding hydrogens is 344 g/mol. The molecule has 2 heterocycles. The van der Waals surface area contributed by atoms with Crippen LogP contribution in [0.5, 0.6) is 0 Å². The Morgan fingerprint density at radius 2 is 2.00 bits per heavy atom. The van der Waals surface area contributed by atoms with E-state index in [1.165, 1.54) is 6.92 Å². The van der Waals surface area contributed by atoms with Crippen LogP contribution in [0.4, 0.5) is 5.69 Å². The zero-order valence-corrected chi connectivity index (χ0v) is 14.9. The number of hydrogen-bond acceptors (Lipinski definition) is 4. The summed E-state index contributed by atoms with van der Waals surface area (Å²) in [7, 11) is 0. The highest BCUT2D eigenvalue weighted by atomic mass is 16.5. The molecular formula is C20H20N4O3. The Balaban J connectivity index is 1.36. The van der Waals surface area contributed by atoms with Crippen molar-refractivity contribution in [2.45, 2.75) is 13.0 Å². The summed E-state index contributed by atoms with van der Waals surface area (Å²) in [5.41, 5.74) is 3.37. The number of H-pyrrole nitrogens is 1. The van der Waals surface area contributed by atoms with Crippen LogP contribution < -0.4 is 5.32 Å². The molecule has 1 aliphatic heterocycles. The van der Waals surface area contributed by atoms with Crippen molar-refractivity contribution in [1.82, 2.24) is 14.9 Å². The van der Waals surface area contributed by atoms with Crippen LogP contribution in [-0.4, -0.2) is 52.5 Å². The van der Waals surface area contributed by atoms with Gasteiger partial charge < -0.3 is 19.9 Å². The molecule has 7 nitrogen and oxygen atoms in total. The maximum absolute atomic E-state index is 12.1. The summed E-state index contributed by atoms with van der Waals surface area (Å²) in [6.07, 6.45) is -0.0665. The molecule has 0 bridgehead atoms. The normalized spacial score (nSPS) is 14.2. The van der Waals surface area contributed by atoms with Crippen molar-refractivity contribution in [3.8, 4) is 11.4 Å². The van der Waals surface area contributed by atoms with E-state index in [4.69, 9.17) is 4.74 Å². The van der Waals surface area contributed by atoms with Gasteiger partial charge in [0.1, 0.15) is 12.4 Å². The Kier molecular flexibility index (Phi) is 4.60. The van der Waals surface area contributed by atoms with Crippen LogP contribution in [0.15, 0.2) is 48.5 Å². The number of nitrogens with one attached hydrogen (secondary N) is 2. The first-order chi connectivity index (χ1) is 13.1. The van der Waals surface area contributed by atoms with Crippen molar-refractivity contribution in [3.63, 3.8) is 0 Å². The molecule has 0 atom stereocenters. The third-order valence-corrected chi connectivity index (χ3v) is 4.56. The molecule has 1 aromatic heterocycles. The van der Waals surface area contributed by atoms with Gasteiger partial charge in [-0.15, -0.1) is 0 Å². The predicted octanol–water partition coefficient (Wildman–Crippen LogP) is 2.42. The number of likely N-dealkylation sites (tertiary alicyclic amines) is 1. The molecule has 27 heavy (non-hydrogen) atoms. The first-order valence-electron chi connectivity index (χ1n) is 8.80. The number of amides is 2. The molecule has 1 saturated heterocycles. The van der Waals surface area contributed by atoms with Gasteiger partial charge in [-0.25, -0.2) is 4.98 Å². The molecule has 7 heteroatoms. The van der Waals surface area contributed by atoms with Gasteiger partial charge in [-0.2, -0.15) is 0 Å². The number of carbonyl (C=O) groups excluding carboxylic acids is 2. The van der Waals surface area contributed by atoms with Gasteiger partial charge in [-0.3, -0.25) is 9.59 Å². The molecule has 0 radical (unpaired) electrons. The Hall–Kier alpha value is -3.19. The van der Waals surface area contributed by atoms with Gasteiger partial charge in [-0.05, 0) is 18.2 Å². The van der Waals surface area contributed by atoms with Gasteiger partial charge in [0.15, 0.2) is 0 Å². The molecule has 0 unspecified atom stereocenters. The maximum Gasteiger partial charge on any atom is 0.250 e. The van der Waals surface area contributed by atoms with Crippen molar-refractivity contribution in [1.29, 1.82) is 0 Å². The topological polar surface area (TPSA) is 87.3 Å². The van der Waals surface area contributed by atoms with Crippen LogP contribution in [0.1, 0.15) is 6.92 Å². The minimum absolute atomic E-state index is 0.0297. The first-order valence-corrected chi connectivity index (χ1v) is 8.80. The molecule has 3 aromatic rings. The average Bonchev–Trinajstić information content (AvgIpc) is 3.04. The molecule has 1 aliphatic rings. The van der Waals surface area contributed by atoms with Gasteiger partial charge >= 0.3 is 0 Å². The second-order valence-corrected chi connectivity index (χ2v) is 6.59. The number of aromatic nitrogens is 2. The summed E-state index contributed by atoms with van der Waals surface area (Å²) in [4.78, 5) is 32.8. The number of fused-ring (bicyclic) bond motifs is 1. The monoisotopic (exact) mass is 364 g/mol. The second kappa shape index (κ2) is 7.20. The minimum Gasteiger partial charge on any atom is -0.365 e. The highest BCUT2D eigenvalue weighted by Gasteiger charge is 2.29. The molecule has 0 saturated carbocycles. The Morgan fingerprint density at radius 1 is 1.22 bits per heavy atom. The van der Waals surface area contributed by atoms with E-state index in [-0.39, 0.29) is 24.5 Å². The summed E-state index contributed by atoms with van der Waals surface area (Å²) < 4.78 is 5.52. The lowest BCUT2D eigenvalue weighted by molar-refractivity contribution is -0.144. The number of nitrogens with zero attached hydrogens (tertiary/aromatic N) is 2. The molecule has 138 valence electrons. The summed E-state index contributed by atoms with van der Waals surface area (Å²) in [6, 6.07) is 15.4. The van der Waals surface area contributed by atoms with Gasteiger partial charge in [0.2, 0.25) is 11.8 Å². The smallest absolute Gasteiger partial charge is 0.250 e. The highest BCUT2D eigenvalue weighted by molar-refractivity contribution is 5.94. The van der Waals surface area contributed by atoms with E-state index in [1.54, 1.807) is 4.90 Å². The van der Waals surface area contributed by atoms with Crippen molar-refractivity contribution in [3.05, 3.63) is 48.5 Å². The number of benzene rings is 2. The quantitative estimate of drug-likeness (QED) is 0.728. The molecule has 2 N–H and O–H groups in total. The predicted molar refractivity (Wildman–Crippen MR) is 102 cm³/mol. The third kappa shape index (κ3) is 3.83. The van der Waals surface area contributed by atoms with Crippen LogP contribution in [-0.2, 0) is 14.3 Å². The molecule has 0 spiro atoms. The zero-order chi connectivity index (χ0) is 18.8. The van der Waals surface area contributed by atoms with E-state index in [2.05, 4.69) is 15.3 Å². The van der Waals surface area contributed by atoms with E-state index in [0.717, 1.165) is 22.4 Å². The zero-order valence-electron chi connectivity index (χ0n) is 14.9. The highest BCUT2D eigenvalue weighted by Crippen LogP contribution is 2.22. The Morgan fingerprint density at radius 3 is 2.74 bits per heavy atom. The lowest BCUT2D eigenvalue weighted by Gasteiger charge is -2.38. The largest absolute Gasteiger partial charge is 0.365 e. The van der Waals surface area contributed by atoms with E-state index in [1.807, 2.05) is 48.5 Å². The lowest BCUT2D eigenvalue weighted by atomic mass is 10.2. The number of imidazole rings is 1. The van der Waals surface area contributed by atoms with Crippen LogP contribution >= 0.6 is 0 Å². The third-order valence-electron chi connectivity index (χ3n) is 4.56. The summed E-state index contributed by atoms with van der Waals surface area (Å²) in [6.45, 7) is 2.58. The number of ether oxygens (including phenoxy) is 1. The maximum atomic E-state index is 12.1. The Labute approximate surface area is 156 Å². The fourth-order valence-corrected chi connectivity index (χ4v) is 3.01. The molecule has 2 aromatic carbocycles. The number of rotatable bonds is 5. The van der Waals surface area contributed by atoms with Gasteiger partial charge in [0, 0.05) is 31.3 Å². The van der Waals surface area contributed by atoms with E-state index < -0.39 is 0 Å².